The molecular weight excluding hydrogens is 238 g/mol. The minimum absolute atomic E-state index is 0.619. The summed E-state index contributed by atoms with van der Waals surface area (Å²) in [6.07, 6.45) is 6.40. The van der Waals surface area contributed by atoms with Crippen LogP contribution in [0.4, 0.5) is 0 Å². The van der Waals surface area contributed by atoms with E-state index >= 15 is 0 Å². The van der Waals surface area contributed by atoms with Gasteiger partial charge in [0, 0.05) is 31.5 Å². The molecule has 0 amide bonds. The highest BCUT2D eigenvalue weighted by atomic mass is 15.2. The Kier molecular flexibility index (Phi) is 4.82. The fourth-order valence-corrected chi connectivity index (χ4v) is 1.94. The van der Waals surface area contributed by atoms with Crippen molar-refractivity contribution in [2.24, 2.45) is 10.9 Å². The molecule has 0 spiro atoms. The van der Waals surface area contributed by atoms with Crippen molar-refractivity contribution in [1.29, 1.82) is 0 Å². The van der Waals surface area contributed by atoms with Crippen LogP contribution >= 0.6 is 0 Å². The van der Waals surface area contributed by atoms with Crippen molar-refractivity contribution in [3.8, 4) is 0 Å². The second-order valence-electron chi connectivity index (χ2n) is 5.50. The molecule has 1 aliphatic rings. The number of aromatic nitrogens is 2. The predicted molar refractivity (Wildman–Crippen MR) is 78.0 cm³/mol. The number of guanidine groups is 1. The maximum Gasteiger partial charge on any atom is 0.191 e. The number of imidazole rings is 1. The first-order chi connectivity index (χ1) is 9.19. The summed E-state index contributed by atoms with van der Waals surface area (Å²) in [5.41, 5.74) is 0. The Hall–Kier alpha value is -1.52. The number of rotatable bonds is 6. The fourth-order valence-electron chi connectivity index (χ4n) is 1.94. The van der Waals surface area contributed by atoms with Crippen LogP contribution in [0.25, 0.3) is 0 Å². The molecule has 1 aliphatic carbocycles. The molecule has 2 N–H and O–H groups in total. The molecule has 0 radical (unpaired) electrons. The van der Waals surface area contributed by atoms with Crippen molar-refractivity contribution in [2.45, 2.75) is 52.7 Å². The number of hydrogen-bond acceptors (Lipinski definition) is 2. The predicted octanol–water partition coefficient (Wildman–Crippen LogP) is 1.76. The Morgan fingerprint density at radius 1 is 1.53 bits per heavy atom. The van der Waals surface area contributed by atoms with Gasteiger partial charge in [-0.05, 0) is 25.7 Å². The summed E-state index contributed by atoms with van der Waals surface area (Å²) in [5, 5.41) is 6.69. The molecule has 106 valence electrons. The normalized spacial score (nSPS) is 15.9. The Labute approximate surface area is 115 Å². The van der Waals surface area contributed by atoms with E-state index in [1.807, 2.05) is 12.4 Å². The highest BCUT2D eigenvalue weighted by Gasteiger charge is 2.22. The van der Waals surface area contributed by atoms with Crippen LogP contribution in [-0.4, -0.2) is 28.1 Å². The molecule has 0 aromatic carbocycles. The van der Waals surface area contributed by atoms with E-state index in [9.17, 15) is 0 Å². The number of nitrogens with one attached hydrogen (secondary N) is 2. The smallest absolute Gasteiger partial charge is 0.191 e. The van der Waals surface area contributed by atoms with Gasteiger partial charge in [-0.25, -0.2) is 9.98 Å². The monoisotopic (exact) mass is 263 g/mol. The van der Waals surface area contributed by atoms with Crippen LogP contribution in [0.2, 0.25) is 0 Å². The summed E-state index contributed by atoms with van der Waals surface area (Å²) in [6.45, 7) is 9.03. The van der Waals surface area contributed by atoms with E-state index in [-0.39, 0.29) is 0 Å². The van der Waals surface area contributed by atoms with Crippen LogP contribution in [0.1, 0.15) is 39.4 Å². The SMILES string of the molecule is CCNC(=NCc1nccn1CC(C)C)NC1CC1. The third kappa shape index (κ3) is 4.58. The molecule has 19 heavy (non-hydrogen) atoms. The van der Waals surface area contributed by atoms with Gasteiger partial charge in [-0.1, -0.05) is 13.8 Å². The van der Waals surface area contributed by atoms with Gasteiger partial charge in [0.05, 0.1) is 0 Å². The first-order valence-electron chi connectivity index (χ1n) is 7.24. The third-order valence-electron chi connectivity index (χ3n) is 3.00. The lowest BCUT2D eigenvalue weighted by Crippen LogP contribution is -2.38. The largest absolute Gasteiger partial charge is 0.357 e. The summed E-state index contributed by atoms with van der Waals surface area (Å²) in [7, 11) is 0. The molecular formula is C14H25N5. The van der Waals surface area contributed by atoms with Gasteiger partial charge in [-0.3, -0.25) is 0 Å². The quantitative estimate of drug-likeness (QED) is 0.607. The Bertz CT molecular complexity index is 417. The Morgan fingerprint density at radius 2 is 2.32 bits per heavy atom. The van der Waals surface area contributed by atoms with Gasteiger partial charge < -0.3 is 15.2 Å². The van der Waals surface area contributed by atoms with Crippen LogP contribution in [0.5, 0.6) is 0 Å². The van der Waals surface area contributed by atoms with E-state index in [1.165, 1.54) is 12.8 Å². The lowest BCUT2D eigenvalue weighted by Gasteiger charge is -2.11. The lowest BCUT2D eigenvalue weighted by molar-refractivity contribution is 0.507. The van der Waals surface area contributed by atoms with Crippen molar-refractivity contribution in [3.05, 3.63) is 18.2 Å². The van der Waals surface area contributed by atoms with E-state index in [0.29, 0.717) is 18.5 Å². The third-order valence-corrected chi connectivity index (χ3v) is 3.00. The van der Waals surface area contributed by atoms with Crippen LogP contribution in [0.15, 0.2) is 17.4 Å². The maximum absolute atomic E-state index is 4.62. The molecule has 0 unspecified atom stereocenters. The molecule has 2 rings (SSSR count). The first kappa shape index (κ1) is 13.9. The zero-order valence-electron chi connectivity index (χ0n) is 12.2. The lowest BCUT2D eigenvalue weighted by atomic mass is 10.2. The Balaban J connectivity index is 1.95. The molecule has 5 heteroatoms. The fraction of sp³-hybridized carbons (Fsp3) is 0.714. The molecule has 1 aromatic rings. The van der Waals surface area contributed by atoms with Crippen LogP contribution < -0.4 is 10.6 Å². The van der Waals surface area contributed by atoms with Crippen molar-refractivity contribution in [3.63, 3.8) is 0 Å². The van der Waals surface area contributed by atoms with E-state index in [1.54, 1.807) is 0 Å². The first-order valence-corrected chi connectivity index (χ1v) is 7.24. The van der Waals surface area contributed by atoms with Crippen LogP contribution in [-0.2, 0) is 13.1 Å². The number of hydrogen-bond donors (Lipinski definition) is 2. The molecule has 1 heterocycles. The number of aliphatic imine (C=N–C) groups is 1. The van der Waals surface area contributed by atoms with Crippen molar-refractivity contribution >= 4 is 5.96 Å². The minimum atomic E-state index is 0.619. The highest BCUT2D eigenvalue weighted by molar-refractivity contribution is 5.80. The van der Waals surface area contributed by atoms with Gasteiger partial charge in [-0.15, -0.1) is 0 Å². The molecule has 0 bridgehead atoms. The van der Waals surface area contributed by atoms with Crippen molar-refractivity contribution in [2.75, 3.05) is 6.54 Å². The number of nitrogens with zero attached hydrogens (tertiary/aromatic N) is 3. The van der Waals surface area contributed by atoms with Gasteiger partial charge in [-0.2, -0.15) is 0 Å². The van der Waals surface area contributed by atoms with Crippen molar-refractivity contribution < 1.29 is 0 Å². The van der Waals surface area contributed by atoms with E-state index in [2.05, 4.69) is 45.9 Å². The molecule has 1 aromatic heterocycles. The minimum Gasteiger partial charge on any atom is -0.357 e. The summed E-state index contributed by atoms with van der Waals surface area (Å²) in [6, 6.07) is 0.619. The van der Waals surface area contributed by atoms with E-state index < -0.39 is 0 Å². The summed E-state index contributed by atoms with van der Waals surface area (Å²) >= 11 is 0. The average molecular weight is 263 g/mol. The second kappa shape index (κ2) is 6.59. The molecule has 0 atom stereocenters. The van der Waals surface area contributed by atoms with Gasteiger partial charge in [0.1, 0.15) is 12.4 Å². The van der Waals surface area contributed by atoms with Gasteiger partial charge >= 0.3 is 0 Å². The summed E-state index contributed by atoms with van der Waals surface area (Å²) < 4.78 is 2.19. The summed E-state index contributed by atoms with van der Waals surface area (Å²) in [5.74, 6) is 2.56. The summed E-state index contributed by atoms with van der Waals surface area (Å²) in [4.78, 5) is 9.01. The molecule has 0 aliphatic heterocycles. The topological polar surface area (TPSA) is 54.2 Å². The molecule has 1 saturated carbocycles. The van der Waals surface area contributed by atoms with E-state index in [4.69, 9.17) is 0 Å². The van der Waals surface area contributed by atoms with E-state index in [0.717, 1.165) is 24.9 Å². The Morgan fingerprint density at radius 3 is 2.95 bits per heavy atom. The van der Waals surface area contributed by atoms with Crippen LogP contribution in [0.3, 0.4) is 0 Å². The van der Waals surface area contributed by atoms with Gasteiger partial charge in [0.2, 0.25) is 0 Å². The van der Waals surface area contributed by atoms with Gasteiger partial charge in [0.25, 0.3) is 0 Å². The second-order valence-corrected chi connectivity index (χ2v) is 5.50. The van der Waals surface area contributed by atoms with Crippen molar-refractivity contribution in [1.82, 2.24) is 20.2 Å². The zero-order chi connectivity index (χ0) is 13.7. The average Bonchev–Trinajstić information content (AvgIpc) is 3.06. The molecule has 5 nitrogen and oxygen atoms in total. The maximum atomic E-state index is 4.62. The van der Waals surface area contributed by atoms with Gasteiger partial charge in [0.15, 0.2) is 5.96 Å². The zero-order valence-corrected chi connectivity index (χ0v) is 12.2. The molecule has 1 fully saturated rings. The van der Waals surface area contributed by atoms with Crippen LogP contribution in [0, 0.1) is 5.92 Å². The standard InChI is InChI=1S/C14H25N5/c1-4-15-14(18-12-5-6-12)17-9-13-16-7-8-19(13)10-11(2)3/h7-8,11-12H,4-6,9-10H2,1-3H3,(H2,15,17,18). The highest BCUT2D eigenvalue weighted by Crippen LogP contribution is 2.18. The molecule has 0 saturated heterocycles.